The minimum absolute atomic E-state index is 0.108. The monoisotopic (exact) mass is 376 g/mol. The minimum Gasteiger partial charge on any atom is -0.294 e. The van der Waals surface area contributed by atoms with Gasteiger partial charge in [-0.15, -0.1) is 0 Å². The lowest BCUT2D eigenvalue weighted by Gasteiger charge is -2.13. The number of hydrogen-bond donors (Lipinski definition) is 2. The number of hydrogen-bond acceptors (Lipinski definition) is 5. The Hall–Kier alpha value is -0.710. The third kappa shape index (κ3) is 6.29. The lowest BCUT2D eigenvalue weighted by atomic mass is 10.0. The minimum atomic E-state index is -4.64. The first-order valence-corrected chi connectivity index (χ1v) is 9.26. The van der Waals surface area contributed by atoms with Crippen molar-refractivity contribution < 1.29 is 30.7 Å². The highest BCUT2D eigenvalue weighted by Gasteiger charge is 2.30. The molecule has 0 aliphatic carbocycles. The molecule has 0 bridgehead atoms. The lowest BCUT2D eigenvalue weighted by molar-refractivity contribution is 0.0940. The number of rotatable bonds is 6. The van der Waals surface area contributed by atoms with Crippen LogP contribution in [0, 0.1) is 5.92 Å². The molecule has 0 fully saturated rings. The number of halogens is 2. The highest BCUT2D eigenvalue weighted by Crippen LogP contribution is 2.24. The van der Waals surface area contributed by atoms with Gasteiger partial charge in [-0.3, -0.25) is 13.9 Å². The maximum Gasteiger partial charge on any atom is 0.265 e. The molecule has 0 saturated heterocycles. The van der Waals surface area contributed by atoms with Crippen molar-refractivity contribution in [2.45, 2.75) is 0 Å². The van der Waals surface area contributed by atoms with Crippen LogP contribution in [0.15, 0.2) is 18.2 Å². The number of carbonyl (C=O) groups is 1. The van der Waals surface area contributed by atoms with Crippen LogP contribution in [0.3, 0.4) is 0 Å². The summed E-state index contributed by atoms with van der Waals surface area (Å²) in [6.45, 7) is 0. The summed E-state index contributed by atoms with van der Waals surface area (Å²) in [6, 6.07) is 3.71. The molecule has 0 heterocycles. The van der Waals surface area contributed by atoms with Crippen molar-refractivity contribution in [1.29, 1.82) is 0 Å². The van der Waals surface area contributed by atoms with Crippen LogP contribution in [0.5, 0.6) is 0 Å². The van der Waals surface area contributed by atoms with E-state index in [1.807, 2.05) is 0 Å². The summed E-state index contributed by atoms with van der Waals surface area (Å²) in [7, 11) is -9.27. The van der Waals surface area contributed by atoms with E-state index in [0.717, 1.165) is 0 Å². The Labute approximate surface area is 131 Å². The zero-order valence-electron chi connectivity index (χ0n) is 10.2. The van der Waals surface area contributed by atoms with Gasteiger partial charge in [-0.1, -0.05) is 23.2 Å². The van der Waals surface area contributed by atoms with Crippen molar-refractivity contribution in [2.75, 3.05) is 11.5 Å². The Morgan fingerprint density at radius 2 is 1.52 bits per heavy atom. The lowest BCUT2D eigenvalue weighted by Crippen LogP contribution is -2.30. The summed E-state index contributed by atoms with van der Waals surface area (Å²) < 4.78 is 61.1. The first kappa shape index (κ1) is 18.3. The second-order valence-corrected chi connectivity index (χ2v) is 8.02. The Balaban J connectivity index is 3.21. The van der Waals surface area contributed by atoms with Gasteiger partial charge in [0.2, 0.25) is 0 Å². The van der Waals surface area contributed by atoms with Gasteiger partial charge in [-0.2, -0.15) is 16.8 Å². The molecule has 0 aromatic heterocycles. The predicted octanol–water partition coefficient (Wildman–Crippen LogP) is 1.57. The van der Waals surface area contributed by atoms with Crippen molar-refractivity contribution in [3.05, 3.63) is 33.8 Å². The Morgan fingerprint density at radius 3 is 1.90 bits per heavy atom. The molecule has 1 rings (SSSR count). The Kier molecular flexibility index (Phi) is 5.76. The van der Waals surface area contributed by atoms with E-state index in [2.05, 4.69) is 0 Å². The van der Waals surface area contributed by atoms with E-state index < -0.39 is 43.4 Å². The van der Waals surface area contributed by atoms with E-state index >= 15 is 0 Å². The number of ketones is 1. The maximum absolute atomic E-state index is 12.2. The molecule has 0 spiro atoms. The van der Waals surface area contributed by atoms with Gasteiger partial charge in [0.05, 0.1) is 22.4 Å². The van der Waals surface area contributed by atoms with Crippen LogP contribution in [0.4, 0.5) is 0 Å². The van der Waals surface area contributed by atoms with Gasteiger partial charge < -0.3 is 0 Å². The molecule has 0 atom stereocenters. The van der Waals surface area contributed by atoms with E-state index in [9.17, 15) is 21.6 Å². The van der Waals surface area contributed by atoms with Crippen molar-refractivity contribution >= 4 is 49.2 Å². The third-order valence-electron chi connectivity index (χ3n) is 2.39. The van der Waals surface area contributed by atoms with Crippen molar-refractivity contribution in [1.82, 2.24) is 0 Å². The van der Waals surface area contributed by atoms with Crippen LogP contribution in [-0.4, -0.2) is 43.2 Å². The standard InChI is InChI=1S/C10H10Cl2O7S2/c11-7-1-2-8(9(12)3-7)10(13)6(4-20(14,15)16)5-21(17,18)19/h1-3,6H,4-5H2,(H,14,15,16)(H,17,18,19). The van der Waals surface area contributed by atoms with Crippen LogP contribution in [0.25, 0.3) is 0 Å². The molecule has 7 nitrogen and oxygen atoms in total. The van der Waals surface area contributed by atoms with Crippen molar-refractivity contribution in [3.63, 3.8) is 0 Å². The molecule has 0 aliphatic rings. The van der Waals surface area contributed by atoms with E-state index in [1.54, 1.807) is 0 Å². The molecule has 1 aromatic carbocycles. The van der Waals surface area contributed by atoms with Crippen molar-refractivity contribution in [3.8, 4) is 0 Å². The summed E-state index contributed by atoms with van der Waals surface area (Å²) >= 11 is 11.4. The van der Waals surface area contributed by atoms with Crippen LogP contribution in [0.2, 0.25) is 10.0 Å². The van der Waals surface area contributed by atoms with Crippen LogP contribution in [-0.2, 0) is 20.2 Å². The van der Waals surface area contributed by atoms with Gasteiger partial charge in [-0.25, -0.2) is 0 Å². The van der Waals surface area contributed by atoms with Gasteiger partial charge >= 0.3 is 0 Å². The number of Topliss-reactive ketones (excluding diaryl/α,β-unsaturated/α-hetero) is 1. The predicted molar refractivity (Wildman–Crippen MR) is 77.1 cm³/mol. The molecular formula is C10H10Cl2O7S2. The summed E-state index contributed by atoms with van der Waals surface area (Å²) in [5.74, 6) is -4.98. The summed E-state index contributed by atoms with van der Waals surface area (Å²) in [4.78, 5) is 12.2. The second-order valence-electron chi connectivity index (χ2n) is 4.18. The molecule has 0 unspecified atom stereocenters. The average molecular weight is 377 g/mol. The Bertz CT molecular complexity index is 722. The van der Waals surface area contributed by atoms with E-state index in [-0.39, 0.29) is 15.6 Å². The average Bonchev–Trinajstić information content (AvgIpc) is 2.23. The summed E-state index contributed by atoms with van der Waals surface area (Å²) in [5, 5.41) is 0.112. The van der Waals surface area contributed by atoms with Crippen molar-refractivity contribution in [2.24, 2.45) is 5.92 Å². The molecule has 11 heteroatoms. The summed E-state index contributed by atoms with van der Waals surface area (Å²) in [5.41, 5.74) is -0.168. The number of carbonyl (C=O) groups excluding carboxylic acids is 1. The molecule has 1 aromatic rings. The molecule has 2 N–H and O–H groups in total. The largest absolute Gasteiger partial charge is 0.294 e. The molecule has 21 heavy (non-hydrogen) atoms. The highest BCUT2D eigenvalue weighted by atomic mass is 35.5. The summed E-state index contributed by atoms with van der Waals surface area (Å²) in [6.07, 6.45) is 0. The first-order chi connectivity index (χ1) is 9.39. The fraction of sp³-hybridized carbons (Fsp3) is 0.300. The number of benzene rings is 1. The van der Waals surface area contributed by atoms with Gasteiger partial charge in [0, 0.05) is 10.6 Å². The third-order valence-corrected chi connectivity index (χ3v) is 4.59. The van der Waals surface area contributed by atoms with Gasteiger partial charge in [0.25, 0.3) is 20.2 Å². The zero-order valence-corrected chi connectivity index (χ0v) is 13.4. The SMILES string of the molecule is O=C(c1ccc(Cl)cc1Cl)C(CS(=O)(=O)O)CS(=O)(=O)O. The highest BCUT2D eigenvalue weighted by molar-refractivity contribution is 7.86. The van der Waals surface area contributed by atoms with Crippen LogP contribution >= 0.6 is 23.2 Å². The van der Waals surface area contributed by atoms with E-state index in [4.69, 9.17) is 32.3 Å². The molecule has 118 valence electrons. The molecule has 0 amide bonds. The fourth-order valence-corrected chi connectivity index (χ4v) is 3.82. The molecule has 0 saturated carbocycles. The normalized spacial score (nSPS) is 12.6. The molecule has 0 radical (unpaired) electrons. The molecular weight excluding hydrogens is 367 g/mol. The van der Waals surface area contributed by atoms with Crippen LogP contribution in [0.1, 0.15) is 10.4 Å². The smallest absolute Gasteiger partial charge is 0.265 e. The van der Waals surface area contributed by atoms with E-state index in [0.29, 0.717) is 0 Å². The maximum atomic E-state index is 12.2. The molecule has 0 aliphatic heterocycles. The van der Waals surface area contributed by atoms with Gasteiger partial charge in [0.1, 0.15) is 0 Å². The fourth-order valence-electron chi connectivity index (χ4n) is 1.62. The second kappa shape index (κ2) is 6.59. The zero-order chi connectivity index (χ0) is 16.4. The quantitative estimate of drug-likeness (QED) is 0.569. The van der Waals surface area contributed by atoms with E-state index in [1.165, 1.54) is 18.2 Å². The van der Waals surface area contributed by atoms with Gasteiger partial charge in [0.15, 0.2) is 5.78 Å². The first-order valence-electron chi connectivity index (χ1n) is 5.28. The van der Waals surface area contributed by atoms with Gasteiger partial charge in [-0.05, 0) is 18.2 Å². The topological polar surface area (TPSA) is 126 Å². The Morgan fingerprint density at radius 1 is 1.05 bits per heavy atom. The van der Waals surface area contributed by atoms with Crippen LogP contribution < -0.4 is 0 Å².